The molecule has 0 radical (unpaired) electrons. The Bertz CT molecular complexity index is 1120. The highest BCUT2D eigenvalue weighted by atomic mass is 19.1. The van der Waals surface area contributed by atoms with E-state index < -0.39 is 0 Å². The number of carbonyl (C=O) groups is 2. The van der Waals surface area contributed by atoms with E-state index in [1.165, 1.54) is 12.1 Å². The van der Waals surface area contributed by atoms with Crippen molar-refractivity contribution >= 4 is 11.8 Å². The molecule has 3 aromatic rings. The highest BCUT2D eigenvalue weighted by Gasteiger charge is 2.19. The van der Waals surface area contributed by atoms with E-state index in [4.69, 9.17) is 9.84 Å². The Morgan fingerprint density at radius 3 is 2.27 bits per heavy atom. The Kier molecular flexibility index (Phi) is 5.30. The van der Waals surface area contributed by atoms with Crippen LogP contribution in [0, 0.1) is 5.82 Å². The molecule has 0 bridgehead atoms. The largest absolute Gasteiger partial charge is 0.508 e. The van der Waals surface area contributed by atoms with E-state index in [2.05, 4.69) is 15.6 Å². The molecule has 7 nitrogen and oxygen atoms in total. The molecule has 30 heavy (non-hydrogen) atoms. The van der Waals surface area contributed by atoms with Crippen LogP contribution in [0.2, 0.25) is 0 Å². The van der Waals surface area contributed by atoms with E-state index in [1.54, 1.807) is 30.3 Å². The quantitative estimate of drug-likeness (QED) is 0.620. The number of carbonyl (C=O) groups excluding carboxylic acids is 2. The number of aromatic hydroxyl groups is 1. The summed E-state index contributed by atoms with van der Waals surface area (Å²) in [5, 5.41) is 14.4. The first-order valence-electron chi connectivity index (χ1n) is 9.24. The first-order valence-corrected chi connectivity index (χ1v) is 9.24. The van der Waals surface area contributed by atoms with Crippen LogP contribution in [0.5, 0.6) is 11.5 Å². The summed E-state index contributed by atoms with van der Waals surface area (Å²) < 4.78 is 18.3. The van der Waals surface area contributed by atoms with Gasteiger partial charge < -0.3 is 20.5 Å². The molecule has 0 aliphatic carbocycles. The fourth-order valence-electron chi connectivity index (χ4n) is 3.17. The van der Waals surface area contributed by atoms with Gasteiger partial charge in [-0.2, -0.15) is 0 Å². The Morgan fingerprint density at radius 2 is 1.60 bits per heavy atom. The van der Waals surface area contributed by atoms with Crippen molar-refractivity contribution in [1.29, 1.82) is 0 Å². The number of phenols is 1. The minimum absolute atomic E-state index is 0.0539. The van der Waals surface area contributed by atoms with Gasteiger partial charge in [0.1, 0.15) is 23.9 Å². The predicted octanol–water partition coefficient (Wildman–Crippen LogP) is 2.68. The number of fused-ring (bicyclic) bond motifs is 2. The topological polar surface area (TPSA) is 101 Å². The molecule has 2 amide bonds. The summed E-state index contributed by atoms with van der Waals surface area (Å²) in [4.78, 5) is 26.3. The summed E-state index contributed by atoms with van der Waals surface area (Å²) >= 11 is 0. The van der Waals surface area contributed by atoms with Gasteiger partial charge in [-0.1, -0.05) is 0 Å². The van der Waals surface area contributed by atoms with Gasteiger partial charge in [-0.05, 0) is 59.7 Å². The number of nitrogens with one attached hydrogen (secondary N) is 2. The lowest BCUT2D eigenvalue weighted by atomic mass is 10.1. The second kappa shape index (κ2) is 8.20. The van der Waals surface area contributed by atoms with Crippen molar-refractivity contribution in [2.45, 2.75) is 19.7 Å². The first-order chi connectivity index (χ1) is 14.5. The van der Waals surface area contributed by atoms with Gasteiger partial charge in [-0.3, -0.25) is 14.6 Å². The van der Waals surface area contributed by atoms with Crippen LogP contribution >= 0.6 is 0 Å². The molecule has 0 saturated heterocycles. The summed E-state index contributed by atoms with van der Waals surface area (Å²) in [6.45, 7) is 1.32. The number of nitrogens with zero attached hydrogens (tertiary/aromatic N) is 1. The lowest BCUT2D eigenvalue weighted by molar-refractivity contribution is 0.0957. The number of aromatic nitrogens is 1. The van der Waals surface area contributed by atoms with Crippen molar-refractivity contribution in [3.8, 4) is 11.5 Å². The van der Waals surface area contributed by atoms with Crippen LogP contribution in [0.15, 0.2) is 54.7 Å². The van der Waals surface area contributed by atoms with Crippen molar-refractivity contribution in [3.63, 3.8) is 0 Å². The number of rotatable bonds is 3. The molecule has 0 fully saturated rings. The van der Waals surface area contributed by atoms with Gasteiger partial charge >= 0.3 is 0 Å². The third-order valence-electron chi connectivity index (χ3n) is 4.71. The van der Waals surface area contributed by atoms with Gasteiger partial charge in [-0.15, -0.1) is 0 Å². The molecule has 152 valence electrons. The Hall–Kier alpha value is -3.94. The van der Waals surface area contributed by atoms with Crippen LogP contribution in [0.1, 0.15) is 37.5 Å². The number of phenolic OH excluding ortho intramolecular Hbond substituents is 1. The van der Waals surface area contributed by atoms with E-state index in [9.17, 15) is 14.0 Å². The van der Waals surface area contributed by atoms with Gasteiger partial charge in [0.05, 0.1) is 11.9 Å². The van der Waals surface area contributed by atoms with Crippen molar-refractivity contribution in [2.75, 3.05) is 0 Å². The number of ether oxygens (including phenoxy) is 1. The van der Waals surface area contributed by atoms with Gasteiger partial charge in [0, 0.05) is 24.2 Å². The average Bonchev–Trinajstić information content (AvgIpc) is 3.30. The van der Waals surface area contributed by atoms with Crippen LogP contribution in [0.25, 0.3) is 0 Å². The fraction of sp³-hybridized carbons (Fsp3) is 0.136. The van der Waals surface area contributed by atoms with Crippen molar-refractivity contribution < 1.29 is 23.8 Å². The molecule has 0 saturated carbocycles. The Labute approximate surface area is 171 Å². The SMILES string of the molecule is O=C1NCc2cc(O)ccc21.O=C1NCc2cc(OCc3ccc(F)cn3)ccc21. The Morgan fingerprint density at radius 1 is 0.933 bits per heavy atom. The second-order valence-electron chi connectivity index (χ2n) is 6.78. The third kappa shape index (κ3) is 4.22. The number of benzene rings is 2. The number of pyridine rings is 1. The molecule has 3 N–H and O–H groups in total. The Balaban J connectivity index is 0.000000168. The maximum Gasteiger partial charge on any atom is 0.251 e. The maximum atomic E-state index is 12.7. The molecular weight excluding hydrogens is 389 g/mol. The van der Waals surface area contributed by atoms with Gasteiger partial charge in [0.2, 0.25) is 0 Å². The van der Waals surface area contributed by atoms with Crippen LogP contribution in [-0.4, -0.2) is 21.9 Å². The number of hydrogen-bond acceptors (Lipinski definition) is 5. The number of halogens is 1. The zero-order chi connectivity index (χ0) is 21.1. The van der Waals surface area contributed by atoms with Crippen molar-refractivity contribution in [3.05, 3.63) is 88.5 Å². The zero-order valence-corrected chi connectivity index (χ0v) is 15.8. The minimum atomic E-state index is -0.370. The normalized spacial score (nSPS) is 13.5. The van der Waals surface area contributed by atoms with Gasteiger partial charge in [-0.25, -0.2) is 4.39 Å². The molecule has 0 unspecified atom stereocenters. The first kappa shape index (κ1) is 19.4. The monoisotopic (exact) mass is 407 g/mol. The molecule has 2 aromatic carbocycles. The summed E-state index contributed by atoms with van der Waals surface area (Å²) in [6.07, 6.45) is 1.16. The summed E-state index contributed by atoms with van der Waals surface area (Å²) in [5.41, 5.74) is 3.80. The van der Waals surface area contributed by atoms with Gasteiger partial charge in [0.15, 0.2) is 0 Å². The summed E-state index contributed by atoms with van der Waals surface area (Å²) in [7, 11) is 0. The number of hydrogen-bond donors (Lipinski definition) is 3. The van der Waals surface area contributed by atoms with Crippen molar-refractivity contribution in [1.82, 2.24) is 15.6 Å². The highest BCUT2D eigenvalue weighted by molar-refractivity contribution is 5.98. The molecule has 5 rings (SSSR count). The average molecular weight is 407 g/mol. The van der Waals surface area contributed by atoms with Crippen LogP contribution in [0.4, 0.5) is 4.39 Å². The molecular formula is C22H18FN3O4. The van der Waals surface area contributed by atoms with Crippen LogP contribution in [0.3, 0.4) is 0 Å². The van der Waals surface area contributed by atoms with Crippen LogP contribution < -0.4 is 15.4 Å². The lowest BCUT2D eigenvalue weighted by Crippen LogP contribution is -2.12. The standard InChI is InChI=1S/C14H11FN2O2.C8H7NO2/c15-10-1-2-11(16-7-10)8-19-12-3-4-13-9(5-12)6-17-14(13)18;10-6-1-2-7-5(3-6)4-9-8(7)11/h1-5,7H,6,8H2,(H,17,18);1-3,10H,4H2,(H,9,11). The molecule has 2 aliphatic rings. The maximum absolute atomic E-state index is 12.7. The molecule has 2 aliphatic heterocycles. The molecule has 0 spiro atoms. The predicted molar refractivity (Wildman–Crippen MR) is 105 cm³/mol. The van der Waals surface area contributed by atoms with Gasteiger partial charge in [0.25, 0.3) is 11.8 Å². The van der Waals surface area contributed by atoms with E-state index >= 15 is 0 Å². The van der Waals surface area contributed by atoms with E-state index in [-0.39, 0.29) is 30.0 Å². The number of amides is 2. The highest BCUT2D eigenvalue weighted by Crippen LogP contribution is 2.22. The lowest BCUT2D eigenvalue weighted by Gasteiger charge is -2.06. The van der Waals surface area contributed by atoms with E-state index in [0.29, 0.717) is 35.7 Å². The second-order valence-corrected chi connectivity index (χ2v) is 6.78. The zero-order valence-electron chi connectivity index (χ0n) is 15.8. The third-order valence-corrected chi connectivity index (χ3v) is 4.71. The molecule has 1 aromatic heterocycles. The van der Waals surface area contributed by atoms with E-state index in [1.807, 2.05) is 6.07 Å². The minimum Gasteiger partial charge on any atom is -0.508 e. The van der Waals surface area contributed by atoms with Crippen LogP contribution in [-0.2, 0) is 19.7 Å². The summed E-state index contributed by atoms with van der Waals surface area (Å²) in [5.74, 6) is 0.397. The molecule has 0 atom stereocenters. The molecule has 8 heteroatoms. The fourth-order valence-corrected chi connectivity index (χ4v) is 3.17. The smallest absolute Gasteiger partial charge is 0.251 e. The molecule has 3 heterocycles. The van der Waals surface area contributed by atoms with Crippen molar-refractivity contribution in [2.24, 2.45) is 0 Å². The summed E-state index contributed by atoms with van der Waals surface area (Å²) in [6, 6.07) is 13.0. The van der Waals surface area contributed by atoms with E-state index in [0.717, 1.165) is 17.3 Å².